The Morgan fingerprint density at radius 2 is 1.72 bits per heavy atom. The Morgan fingerprint density at radius 3 is 2.33 bits per heavy atom. The molecule has 0 atom stereocenters. The van der Waals surface area contributed by atoms with Crippen LogP contribution in [0.3, 0.4) is 0 Å². The molecule has 0 heterocycles. The molecule has 18 heavy (non-hydrogen) atoms. The fraction of sp³-hybridized carbons (Fsp3) is 0. The van der Waals surface area contributed by atoms with Crippen molar-refractivity contribution >= 4 is 11.6 Å². The summed E-state index contributed by atoms with van der Waals surface area (Å²) in [6.07, 6.45) is 0. The van der Waals surface area contributed by atoms with Gasteiger partial charge in [0.25, 0.3) is 5.91 Å². The van der Waals surface area contributed by atoms with E-state index >= 15 is 0 Å². The van der Waals surface area contributed by atoms with Crippen LogP contribution in [0.15, 0.2) is 42.5 Å². The van der Waals surface area contributed by atoms with Gasteiger partial charge in [-0.3, -0.25) is 4.79 Å². The van der Waals surface area contributed by atoms with Gasteiger partial charge in [-0.05, 0) is 36.4 Å². The maximum atomic E-state index is 13.4. The highest BCUT2D eigenvalue weighted by molar-refractivity contribution is 6.04. The molecule has 2 N–H and O–H groups in total. The topological polar surface area (TPSA) is 49.3 Å². The normalized spacial score (nSPS) is 10.1. The number of phenols is 1. The molecule has 0 aliphatic rings. The fourth-order valence-electron chi connectivity index (χ4n) is 1.40. The van der Waals surface area contributed by atoms with Gasteiger partial charge in [0.1, 0.15) is 17.4 Å². The largest absolute Gasteiger partial charge is 0.508 e. The SMILES string of the molecule is O=C(Nc1ccc(O)cc1F)c1ccc(F)cc1. The third-order valence-electron chi connectivity index (χ3n) is 2.31. The average molecular weight is 249 g/mol. The molecule has 2 rings (SSSR count). The van der Waals surface area contributed by atoms with Crippen molar-refractivity contribution in [3.05, 3.63) is 59.7 Å². The number of nitrogens with one attached hydrogen (secondary N) is 1. The maximum absolute atomic E-state index is 13.4. The third kappa shape index (κ3) is 2.63. The second-order valence-corrected chi connectivity index (χ2v) is 3.63. The summed E-state index contributed by atoms with van der Waals surface area (Å²) in [5.41, 5.74) is 0.158. The molecule has 1 amide bonds. The Morgan fingerprint density at radius 1 is 1.06 bits per heavy atom. The Balaban J connectivity index is 2.18. The lowest BCUT2D eigenvalue weighted by Crippen LogP contribution is -2.12. The third-order valence-corrected chi connectivity index (χ3v) is 2.31. The zero-order valence-corrected chi connectivity index (χ0v) is 9.15. The minimum absolute atomic E-state index is 0.0536. The molecule has 0 aliphatic heterocycles. The smallest absolute Gasteiger partial charge is 0.255 e. The molecule has 0 saturated heterocycles. The number of carbonyl (C=O) groups excluding carboxylic acids is 1. The van der Waals surface area contributed by atoms with E-state index in [4.69, 9.17) is 5.11 Å². The summed E-state index contributed by atoms with van der Waals surface area (Å²) in [5.74, 6) is -1.99. The predicted octanol–water partition coefficient (Wildman–Crippen LogP) is 2.92. The second kappa shape index (κ2) is 4.83. The molecule has 0 radical (unpaired) electrons. The van der Waals surface area contributed by atoms with Crippen molar-refractivity contribution in [1.29, 1.82) is 0 Å². The highest BCUT2D eigenvalue weighted by atomic mass is 19.1. The van der Waals surface area contributed by atoms with Crippen molar-refractivity contribution in [2.45, 2.75) is 0 Å². The van der Waals surface area contributed by atoms with Crippen LogP contribution in [-0.4, -0.2) is 11.0 Å². The van der Waals surface area contributed by atoms with E-state index in [0.717, 1.165) is 18.2 Å². The molecule has 0 fully saturated rings. The summed E-state index contributed by atoms with van der Waals surface area (Å²) in [6.45, 7) is 0. The van der Waals surface area contributed by atoms with Crippen molar-refractivity contribution in [3.63, 3.8) is 0 Å². The van der Waals surface area contributed by atoms with Crippen LogP contribution in [0.5, 0.6) is 5.75 Å². The number of phenolic OH excluding ortho intramolecular Hbond substituents is 1. The second-order valence-electron chi connectivity index (χ2n) is 3.63. The van der Waals surface area contributed by atoms with E-state index in [1.165, 1.54) is 24.3 Å². The molecule has 0 bridgehead atoms. The van der Waals surface area contributed by atoms with Crippen molar-refractivity contribution in [3.8, 4) is 5.75 Å². The first-order valence-electron chi connectivity index (χ1n) is 5.12. The molecule has 0 aromatic heterocycles. The standard InChI is InChI=1S/C13H9F2NO2/c14-9-3-1-8(2-4-9)13(18)16-12-6-5-10(17)7-11(12)15/h1-7,17H,(H,16,18). The predicted molar refractivity (Wildman–Crippen MR) is 62.4 cm³/mol. The fourth-order valence-corrected chi connectivity index (χ4v) is 1.40. The molecule has 0 saturated carbocycles. The van der Waals surface area contributed by atoms with Crippen LogP contribution in [0.1, 0.15) is 10.4 Å². The number of carbonyl (C=O) groups is 1. The lowest BCUT2D eigenvalue weighted by molar-refractivity contribution is 0.102. The van der Waals surface area contributed by atoms with Gasteiger partial charge in [0, 0.05) is 11.6 Å². The first-order chi connectivity index (χ1) is 8.56. The number of hydrogen-bond acceptors (Lipinski definition) is 2. The molecule has 0 unspecified atom stereocenters. The lowest BCUT2D eigenvalue weighted by Gasteiger charge is -2.06. The molecule has 0 spiro atoms. The molecule has 0 aliphatic carbocycles. The van der Waals surface area contributed by atoms with Gasteiger partial charge in [-0.1, -0.05) is 0 Å². The molecular weight excluding hydrogens is 240 g/mol. The van der Waals surface area contributed by atoms with Crippen molar-refractivity contribution in [2.75, 3.05) is 5.32 Å². The summed E-state index contributed by atoms with van der Waals surface area (Å²) in [4.78, 5) is 11.7. The van der Waals surface area contributed by atoms with Crippen LogP contribution < -0.4 is 5.32 Å². The van der Waals surface area contributed by atoms with Gasteiger partial charge in [0.05, 0.1) is 5.69 Å². The van der Waals surface area contributed by atoms with Crippen LogP contribution >= 0.6 is 0 Å². The number of aromatic hydroxyl groups is 1. The number of halogens is 2. The molecular formula is C13H9F2NO2. The molecule has 92 valence electrons. The van der Waals surface area contributed by atoms with E-state index < -0.39 is 17.5 Å². The Labute approximate surface area is 102 Å². The highest BCUT2D eigenvalue weighted by Gasteiger charge is 2.09. The molecule has 2 aromatic carbocycles. The number of hydrogen-bond donors (Lipinski definition) is 2. The number of amides is 1. The Kier molecular flexibility index (Phi) is 3.23. The minimum atomic E-state index is -0.745. The van der Waals surface area contributed by atoms with E-state index in [0.29, 0.717) is 0 Å². The lowest BCUT2D eigenvalue weighted by atomic mass is 10.2. The molecule has 5 heteroatoms. The van der Waals surface area contributed by atoms with Crippen molar-refractivity contribution in [1.82, 2.24) is 0 Å². The van der Waals surface area contributed by atoms with Crippen molar-refractivity contribution in [2.24, 2.45) is 0 Å². The summed E-state index contributed by atoms with van der Waals surface area (Å²) in [7, 11) is 0. The summed E-state index contributed by atoms with van der Waals surface area (Å²) >= 11 is 0. The number of rotatable bonds is 2. The van der Waals surface area contributed by atoms with Crippen molar-refractivity contribution < 1.29 is 18.7 Å². The monoisotopic (exact) mass is 249 g/mol. The van der Waals surface area contributed by atoms with Gasteiger partial charge >= 0.3 is 0 Å². The maximum Gasteiger partial charge on any atom is 0.255 e. The van der Waals surface area contributed by atoms with E-state index in [-0.39, 0.29) is 17.0 Å². The van der Waals surface area contributed by atoms with Gasteiger partial charge in [0.15, 0.2) is 0 Å². The van der Waals surface area contributed by atoms with E-state index in [1.54, 1.807) is 0 Å². The average Bonchev–Trinajstić information content (AvgIpc) is 2.33. The van der Waals surface area contributed by atoms with Gasteiger partial charge in [0.2, 0.25) is 0 Å². The molecule has 2 aromatic rings. The Bertz CT molecular complexity index is 582. The van der Waals surface area contributed by atoms with Crippen LogP contribution in [0, 0.1) is 11.6 Å². The minimum Gasteiger partial charge on any atom is -0.508 e. The van der Waals surface area contributed by atoms with E-state index in [9.17, 15) is 13.6 Å². The summed E-state index contributed by atoms with van der Waals surface area (Å²) in [6, 6.07) is 8.26. The van der Waals surface area contributed by atoms with Crippen LogP contribution in [0.25, 0.3) is 0 Å². The van der Waals surface area contributed by atoms with Gasteiger partial charge in [-0.25, -0.2) is 8.78 Å². The summed E-state index contributed by atoms with van der Waals surface area (Å²) < 4.78 is 26.0. The van der Waals surface area contributed by atoms with E-state index in [2.05, 4.69) is 5.32 Å². The first kappa shape index (κ1) is 12.0. The zero-order chi connectivity index (χ0) is 13.1. The van der Waals surface area contributed by atoms with Gasteiger partial charge in [-0.2, -0.15) is 0 Å². The van der Waals surface area contributed by atoms with Crippen LogP contribution in [0.2, 0.25) is 0 Å². The van der Waals surface area contributed by atoms with Crippen LogP contribution in [-0.2, 0) is 0 Å². The van der Waals surface area contributed by atoms with Gasteiger partial charge in [-0.15, -0.1) is 0 Å². The zero-order valence-electron chi connectivity index (χ0n) is 9.15. The summed E-state index contributed by atoms with van der Waals surface area (Å²) in [5, 5.41) is 11.4. The quantitative estimate of drug-likeness (QED) is 0.804. The number of anilines is 1. The number of benzene rings is 2. The van der Waals surface area contributed by atoms with Gasteiger partial charge < -0.3 is 10.4 Å². The Hall–Kier alpha value is -2.43. The molecule has 3 nitrogen and oxygen atoms in total. The first-order valence-corrected chi connectivity index (χ1v) is 5.12. The van der Waals surface area contributed by atoms with Crippen LogP contribution in [0.4, 0.5) is 14.5 Å². The highest BCUT2D eigenvalue weighted by Crippen LogP contribution is 2.20. The van der Waals surface area contributed by atoms with E-state index in [1.807, 2.05) is 0 Å².